The molecule has 0 fully saturated rings. The van der Waals surface area contributed by atoms with Gasteiger partial charge in [-0.2, -0.15) is 0 Å². The fourth-order valence-corrected chi connectivity index (χ4v) is 7.58. The third kappa shape index (κ3) is 4.38. The highest BCUT2D eigenvalue weighted by molar-refractivity contribution is 6.15. The maximum Gasteiger partial charge on any atom is 0.227 e. The Bertz CT molecular complexity index is 3200. The number of hydrogen-bond donors (Lipinski definition) is 0. The molecule has 0 aliphatic rings. The maximum atomic E-state index is 6.44. The van der Waals surface area contributed by atoms with Crippen LogP contribution in [0.5, 0.6) is 0 Å². The first-order valence-corrected chi connectivity index (χ1v) is 17.2. The highest BCUT2D eigenvalue weighted by atomic mass is 16.3. The number of furan rings is 1. The van der Waals surface area contributed by atoms with E-state index in [9.17, 15) is 0 Å². The van der Waals surface area contributed by atoms with Crippen molar-refractivity contribution in [3.8, 4) is 45.6 Å². The van der Waals surface area contributed by atoms with Crippen LogP contribution in [0.25, 0.3) is 111 Å². The van der Waals surface area contributed by atoms with E-state index >= 15 is 0 Å². The normalized spacial score (nSPS) is 11.8. The van der Waals surface area contributed by atoms with Crippen LogP contribution in [0.2, 0.25) is 0 Å². The Morgan fingerprint density at radius 3 is 1.73 bits per heavy atom. The number of aromatic nitrogens is 4. The van der Waals surface area contributed by atoms with Crippen LogP contribution in [0, 0.1) is 0 Å². The second kappa shape index (κ2) is 11.2. The van der Waals surface area contributed by atoms with Gasteiger partial charge in [-0.15, -0.1) is 0 Å². The number of benzene rings is 8. The van der Waals surface area contributed by atoms with Crippen LogP contribution in [-0.4, -0.2) is 19.9 Å². The summed E-state index contributed by atoms with van der Waals surface area (Å²) in [6.07, 6.45) is 0. The van der Waals surface area contributed by atoms with Crippen molar-refractivity contribution in [2.45, 2.75) is 0 Å². The molecule has 52 heavy (non-hydrogen) atoms. The smallest absolute Gasteiger partial charge is 0.227 e. The SMILES string of the molecule is c1ccc(-c2nc3cc(-c4nc(-c5cc6ccccc6c6ccccc56)nc(-c5cccc6oc7ccccc7c56)n4)c4ccccc4c3o2)cc1. The number of nitrogens with zero attached hydrogens (tertiary/aromatic N) is 4. The summed E-state index contributed by atoms with van der Waals surface area (Å²) in [5.41, 5.74) is 6.61. The lowest BCUT2D eigenvalue weighted by Gasteiger charge is -2.13. The number of fused-ring (bicyclic) bond motifs is 9. The van der Waals surface area contributed by atoms with Crippen LogP contribution >= 0.6 is 0 Å². The summed E-state index contributed by atoms with van der Waals surface area (Å²) in [5, 5.41) is 8.39. The minimum atomic E-state index is 0.546. The zero-order valence-corrected chi connectivity index (χ0v) is 27.6. The van der Waals surface area contributed by atoms with Gasteiger partial charge in [-0.25, -0.2) is 19.9 Å². The van der Waals surface area contributed by atoms with E-state index in [0.29, 0.717) is 23.4 Å². The molecule has 11 aromatic rings. The topological polar surface area (TPSA) is 77.8 Å². The molecular weight excluding hydrogens is 641 g/mol. The molecule has 11 rings (SSSR count). The Morgan fingerprint density at radius 1 is 0.365 bits per heavy atom. The van der Waals surface area contributed by atoms with Crippen LogP contribution in [0.1, 0.15) is 0 Å². The number of hydrogen-bond acceptors (Lipinski definition) is 6. The van der Waals surface area contributed by atoms with Gasteiger partial charge < -0.3 is 8.83 Å². The minimum absolute atomic E-state index is 0.546. The van der Waals surface area contributed by atoms with Crippen molar-refractivity contribution in [2.24, 2.45) is 0 Å². The monoisotopic (exact) mass is 666 g/mol. The third-order valence-electron chi connectivity index (χ3n) is 9.95. The van der Waals surface area contributed by atoms with E-state index < -0.39 is 0 Å². The van der Waals surface area contributed by atoms with E-state index in [2.05, 4.69) is 78.9 Å². The second-order valence-electron chi connectivity index (χ2n) is 13.0. The molecule has 242 valence electrons. The lowest BCUT2D eigenvalue weighted by Crippen LogP contribution is -2.01. The summed E-state index contributed by atoms with van der Waals surface area (Å²) in [5.74, 6) is 2.25. The molecule has 0 aliphatic heterocycles. The Morgan fingerprint density at radius 2 is 0.942 bits per heavy atom. The molecule has 0 spiro atoms. The number of oxazole rings is 1. The molecule has 6 nitrogen and oxygen atoms in total. The third-order valence-corrected chi connectivity index (χ3v) is 9.95. The molecule has 0 amide bonds. The van der Waals surface area contributed by atoms with Crippen molar-refractivity contribution in [1.29, 1.82) is 0 Å². The van der Waals surface area contributed by atoms with E-state index in [0.717, 1.165) is 82.2 Å². The Kier molecular flexibility index (Phi) is 6.15. The number of rotatable bonds is 4. The molecule has 0 bridgehead atoms. The van der Waals surface area contributed by atoms with Gasteiger partial charge >= 0.3 is 0 Å². The van der Waals surface area contributed by atoms with E-state index in [1.165, 1.54) is 5.39 Å². The Labute approximate surface area is 296 Å². The lowest BCUT2D eigenvalue weighted by molar-refractivity contribution is 0.623. The van der Waals surface area contributed by atoms with Gasteiger partial charge in [0.2, 0.25) is 5.89 Å². The van der Waals surface area contributed by atoms with Gasteiger partial charge in [-0.3, -0.25) is 0 Å². The predicted octanol–water partition coefficient (Wildman–Crippen LogP) is 12.0. The molecular formula is C46H26N4O2. The number of para-hydroxylation sites is 1. The summed E-state index contributed by atoms with van der Waals surface area (Å²) in [4.78, 5) is 20.8. The summed E-state index contributed by atoms with van der Waals surface area (Å²) in [6.45, 7) is 0. The van der Waals surface area contributed by atoms with Crippen molar-refractivity contribution in [2.75, 3.05) is 0 Å². The fraction of sp³-hybridized carbons (Fsp3) is 0. The van der Waals surface area contributed by atoms with Crippen molar-refractivity contribution in [3.63, 3.8) is 0 Å². The summed E-state index contributed by atoms with van der Waals surface area (Å²) < 4.78 is 12.7. The molecule has 0 unspecified atom stereocenters. The maximum absolute atomic E-state index is 6.44. The first-order valence-electron chi connectivity index (χ1n) is 17.2. The average Bonchev–Trinajstić information content (AvgIpc) is 3.83. The molecule has 0 aliphatic carbocycles. The van der Waals surface area contributed by atoms with Gasteiger partial charge in [-0.05, 0) is 63.3 Å². The van der Waals surface area contributed by atoms with Crippen LogP contribution in [-0.2, 0) is 0 Å². The second-order valence-corrected chi connectivity index (χ2v) is 13.0. The van der Waals surface area contributed by atoms with Crippen LogP contribution < -0.4 is 0 Å². The Balaban J connectivity index is 1.24. The first-order chi connectivity index (χ1) is 25.8. The van der Waals surface area contributed by atoms with Gasteiger partial charge in [0.05, 0.1) is 0 Å². The molecule has 0 saturated carbocycles. The lowest BCUT2D eigenvalue weighted by atomic mass is 9.96. The van der Waals surface area contributed by atoms with Gasteiger partial charge in [0.25, 0.3) is 0 Å². The summed E-state index contributed by atoms with van der Waals surface area (Å²) in [7, 11) is 0. The highest BCUT2D eigenvalue weighted by Gasteiger charge is 2.22. The highest BCUT2D eigenvalue weighted by Crippen LogP contribution is 2.41. The average molecular weight is 667 g/mol. The molecule has 3 aromatic heterocycles. The molecule has 0 saturated heterocycles. The molecule has 3 heterocycles. The van der Waals surface area contributed by atoms with Crippen LogP contribution in [0.4, 0.5) is 0 Å². The molecule has 6 heteroatoms. The molecule has 0 radical (unpaired) electrons. The van der Waals surface area contributed by atoms with Gasteiger partial charge in [0, 0.05) is 38.4 Å². The molecule has 0 atom stereocenters. The first kappa shape index (κ1) is 28.6. The summed E-state index contributed by atoms with van der Waals surface area (Å²) in [6, 6.07) is 53.5. The van der Waals surface area contributed by atoms with Crippen molar-refractivity contribution in [1.82, 2.24) is 19.9 Å². The standard InChI is InChI=1S/C46H26N4O2/c1-2-13-27(14-3-1)46-47-38-26-37(32-19-8-9-20-33(32)42(38)52-46)45-49-43(35-22-12-24-40-41(35)34-21-10-11-23-39(34)51-40)48-44(50-45)36-25-28-15-4-5-16-29(28)30-17-6-7-18-31(30)36/h1-26H. The van der Waals surface area contributed by atoms with E-state index in [4.69, 9.17) is 28.8 Å². The molecule has 0 N–H and O–H groups in total. The Hall–Kier alpha value is -7.18. The minimum Gasteiger partial charge on any atom is -0.456 e. The van der Waals surface area contributed by atoms with Crippen LogP contribution in [0.15, 0.2) is 167 Å². The van der Waals surface area contributed by atoms with Gasteiger partial charge in [0.15, 0.2) is 23.1 Å². The van der Waals surface area contributed by atoms with Gasteiger partial charge in [-0.1, -0.05) is 121 Å². The summed E-state index contributed by atoms with van der Waals surface area (Å²) >= 11 is 0. The van der Waals surface area contributed by atoms with Crippen molar-refractivity contribution < 1.29 is 8.83 Å². The van der Waals surface area contributed by atoms with Gasteiger partial charge in [0.1, 0.15) is 16.7 Å². The molecule has 8 aromatic carbocycles. The zero-order chi connectivity index (χ0) is 34.2. The quantitative estimate of drug-likeness (QED) is 0.174. The largest absolute Gasteiger partial charge is 0.456 e. The zero-order valence-electron chi connectivity index (χ0n) is 27.6. The van der Waals surface area contributed by atoms with Crippen molar-refractivity contribution in [3.05, 3.63) is 158 Å². The van der Waals surface area contributed by atoms with E-state index in [1.807, 2.05) is 78.9 Å². The fourth-order valence-electron chi connectivity index (χ4n) is 7.58. The predicted molar refractivity (Wildman–Crippen MR) is 209 cm³/mol. The van der Waals surface area contributed by atoms with Crippen LogP contribution in [0.3, 0.4) is 0 Å². The van der Waals surface area contributed by atoms with E-state index in [-0.39, 0.29) is 0 Å². The van der Waals surface area contributed by atoms with E-state index in [1.54, 1.807) is 0 Å². The van der Waals surface area contributed by atoms with Crippen molar-refractivity contribution >= 4 is 65.4 Å².